The maximum atomic E-state index is 8.73. The molecular weight excluding hydrogens is 242 g/mol. The van der Waals surface area contributed by atoms with Gasteiger partial charge in [-0.1, -0.05) is 31.3 Å². The lowest BCUT2D eigenvalue weighted by atomic mass is 9.81. The fourth-order valence-electron chi connectivity index (χ4n) is 2.73. The minimum atomic E-state index is 0.679. The van der Waals surface area contributed by atoms with Gasteiger partial charge in [0.25, 0.3) is 0 Å². The summed E-state index contributed by atoms with van der Waals surface area (Å²) in [7, 11) is 0. The van der Waals surface area contributed by atoms with Crippen LogP contribution < -0.4 is 0 Å². The van der Waals surface area contributed by atoms with E-state index >= 15 is 0 Å². The zero-order chi connectivity index (χ0) is 14.2. The molecule has 0 atom stereocenters. The van der Waals surface area contributed by atoms with Crippen LogP contribution in [0.2, 0.25) is 0 Å². The Kier molecular flexibility index (Phi) is 5.45. The van der Waals surface area contributed by atoms with Gasteiger partial charge in [0.15, 0.2) is 0 Å². The van der Waals surface area contributed by atoms with Gasteiger partial charge in [-0.25, -0.2) is 0 Å². The van der Waals surface area contributed by atoms with Gasteiger partial charge in [-0.2, -0.15) is 5.26 Å². The normalized spacial score (nSPS) is 22.0. The van der Waals surface area contributed by atoms with Crippen LogP contribution in [0, 0.1) is 35.0 Å². The third kappa shape index (κ3) is 4.29. The molecule has 1 aromatic rings. The molecule has 1 aromatic carbocycles. The van der Waals surface area contributed by atoms with Crippen molar-refractivity contribution in [1.82, 2.24) is 0 Å². The van der Waals surface area contributed by atoms with E-state index in [2.05, 4.69) is 30.9 Å². The van der Waals surface area contributed by atoms with Crippen LogP contribution in [0.25, 0.3) is 0 Å². The molecule has 0 radical (unpaired) electrons. The summed E-state index contributed by atoms with van der Waals surface area (Å²) in [6.45, 7) is 2.30. The average Bonchev–Trinajstić information content (AvgIpc) is 2.53. The van der Waals surface area contributed by atoms with Crippen molar-refractivity contribution in [3.8, 4) is 17.9 Å². The van der Waals surface area contributed by atoms with Crippen molar-refractivity contribution in [2.24, 2.45) is 11.8 Å². The molecule has 1 aliphatic rings. The number of allylic oxidation sites excluding steroid dienone is 2. The second-order valence-corrected chi connectivity index (χ2v) is 5.51. The highest BCUT2D eigenvalue weighted by molar-refractivity contribution is 5.41. The molecule has 20 heavy (non-hydrogen) atoms. The van der Waals surface area contributed by atoms with Gasteiger partial charge in [-0.3, -0.25) is 0 Å². The average molecular weight is 263 g/mol. The molecule has 0 aliphatic heterocycles. The van der Waals surface area contributed by atoms with Crippen molar-refractivity contribution in [1.29, 1.82) is 5.26 Å². The SMILES string of the molecule is CC[C@H]1CC[C@H](/C=C/C#Cc2ccc(C#N)cc2)CC1. The van der Waals surface area contributed by atoms with Crippen LogP contribution in [0.4, 0.5) is 0 Å². The predicted molar refractivity (Wildman–Crippen MR) is 82.9 cm³/mol. The summed E-state index contributed by atoms with van der Waals surface area (Å²) in [4.78, 5) is 0. The molecule has 1 saturated carbocycles. The Morgan fingerprint density at radius 1 is 1.10 bits per heavy atom. The topological polar surface area (TPSA) is 23.8 Å². The van der Waals surface area contributed by atoms with Crippen molar-refractivity contribution in [3.05, 3.63) is 47.5 Å². The summed E-state index contributed by atoms with van der Waals surface area (Å²) < 4.78 is 0. The van der Waals surface area contributed by atoms with Gasteiger partial charge in [0.2, 0.25) is 0 Å². The van der Waals surface area contributed by atoms with Crippen LogP contribution in [-0.4, -0.2) is 0 Å². The van der Waals surface area contributed by atoms with Crippen molar-refractivity contribution < 1.29 is 0 Å². The van der Waals surface area contributed by atoms with E-state index in [1.807, 2.05) is 18.2 Å². The zero-order valence-electron chi connectivity index (χ0n) is 12.1. The van der Waals surface area contributed by atoms with Crippen molar-refractivity contribution in [3.63, 3.8) is 0 Å². The number of hydrogen-bond acceptors (Lipinski definition) is 1. The molecule has 0 unspecified atom stereocenters. The van der Waals surface area contributed by atoms with Gasteiger partial charge in [0.05, 0.1) is 11.6 Å². The van der Waals surface area contributed by atoms with E-state index < -0.39 is 0 Å². The first-order chi connectivity index (χ1) is 9.81. The smallest absolute Gasteiger partial charge is 0.0991 e. The highest BCUT2D eigenvalue weighted by Gasteiger charge is 2.17. The van der Waals surface area contributed by atoms with Gasteiger partial charge >= 0.3 is 0 Å². The molecule has 0 spiro atoms. The maximum absolute atomic E-state index is 8.73. The predicted octanol–water partition coefficient (Wildman–Crippen LogP) is 4.68. The van der Waals surface area contributed by atoms with Gasteiger partial charge in [-0.05, 0) is 67.9 Å². The second kappa shape index (κ2) is 7.56. The van der Waals surface area contributed by atoms with E-state index in [0.717, 1.165) is 11.5 Å². The molecule has 1 fully saturated rings. The maximum Gasteiger partial charge on any atom is 0.0991 e. The summed E-state index contributed by atoms with van der Waals surface area (Å²) >= 11 is 0. The van der Waals surface area contributed by atoms with Crippen LogP contribution in [0.15, 0.2) is 36.4 Å². The Labute approximate surface area is 122 Å². The second-order valence-electron chi connectivity index (χ2n) is 5.51. The van der Waals surface area contributed by atoms with E-state index in [1.54, 1.807) is 12.1 Å². The van der Waals surface area contributed by atoms with Gasteiger partial charge in [-0.15, -0.1) is 0 Å². The molecule has 1 heteroatoms. The lowest BCUT2D eigenvalue weighted by Crippen LogP contribution is -2.11. The van der Waals surface area contributed by atoms with Crippen LogP contribution in [0.1, 0.15) is 50.2 Å². The number of hydrogen-bond donors (Lipinski definition) is 0. The third-order valence-corrected chi connectivity index (χ3v) is 4.15. The van der Waals surface area contributed by atoms with E-state index in [-0.39, 0.29) is 0 Å². The summed E-state index contributed by atoms with van der Waals surface area (Å²) in [6.07, 6.45) is 11.0. The minimum Gasteiger partial charge on any atom is -0.192 e. The molecule has 0 heterocycles. The van der Waals surface area contributed by atoms with Crippen molar-refractivity contribution in [2.75, 3.05) is 0 Å². The summed E-state index contributed by atoms with van der Waals surface area (Å²) in [5.41, 5.74) is 1.64. The Balaban J connectivity index is 1.84. The highest BCUT2D eigenvalue weighted by atomic mass is 14.2. The number of nitrogens with zero attached hydrogens (tertiary/aromatic N) is 1. The molecule has 102 valence electrons. The first kappa shape index (κ1) is 14.4. The molecule has 0 bridgehead atoms. The van der Waals surface area contributed by atoms with E-state index in [9.17, 15) is 0 Å². The molecule has 0 amide bonds. The molecule has 0 saturated heterocycles. The quantitative estimate of drug-likeness (QED) is 0.710. The van der Waals surface area contributed by atoms with E-state index in [0.29, 0.717) is 11.5 Å². The Morgan fingerprint density at radius 3 is 2.35 bits per heavy atom. The van der Waals surface area contributed by atoms with Crippen molar-refractivity contribution in [2.45, 2.75) is 39.0 Å². The van der Waals surface area contributed by atoms with Crippen LogP contribution in [0.5, 0.6) is 0 Å². The fraction of sp³-hybridized carbons (Fsp3) is 0.421. The zero-order valence-corrected chi connectivity index (χ0v) is 12.1. The Bertz CT molecular complexity index is 540. The lowest BCUT2D eigenvalue weighted by Gasteiger charge is -2.25. The third-order valence-electron chi connectivity index (χ3n) is 4.15. The van der Waals surface area contributed by atoms with Crippen LogP contribution >= 0.6 is 0 Å². The molecule has 0 aromatic heterocycles. The standard InChI is InChI=1S/C19H21N/c1-2-16-7-9-17(10-8-16)5-3-4-6-18-11-13-19(15-20)14-12-18/h3,5,11-14,16-17H,2,7-10H2,1H3/b5-3+/t16-,17-. The van der Waals surface area contributed by atoms with Gasteiger partial charge in [0.1, 0.15) is 0 Å². The number of benzene rings is 1. The molecule has 0 N–H and O–H groups in total. The first-order valence-electron chi connectivity index (χ1n) is 7.50. The lowest BCUT2D eigenvalue weighted by molar-refractivity contribution is 0.304. The summed E-state index contributed by atoms with van der Waals surface area (Å²) in [5, 5.41) is 8.73. The molecule has 1 aliphatic carbocycles. The number of rotatable bonds is 2. The van der Waals surface area contributed by atoms with E-state index in [1.165, 1.54) is 32.1 Å². The van der Waals surface area contributed by atoms with Gasteiger partial charge in [0, 0.05) is 5.56 Å². The van der Waals surface area contributed by atoms with E-state index in [4.69, 9.17) is 5.26 Å². The Morgan fingerprint density at radius 2 is 1.75 bits per heavy atom. The summed E-state index contributed by atoms with van der Waals surface area (Å²) in [6, 6.07) is 9.51. The summed E-state index contributed by atoms with van der Waals surface area (Å²) in [5.74, 6) is 7.87. The fourth-order valence-corrected chi connectivity index (χ4v) is 2.73. The largest absolute Gasteiger partial charge is 0.192 e. The minimum absolute atomic E-state index is 0.679. The van der Waals surface area contributed by atoms with Gasteiger partial charge < -0.3 is 0 Å². The monoisotopic (exact) mass is 263 g/mol. The number of nitriles is 1. The van der Waals surface area contributed by atoms with Crippen LogP contribution in [-0.2, 0) is 0 Å². The first-order valence-corrected chi connectivity index (χ1v) is 7.50. The van der Waals surface area contributed by atoms with Crippen LogP contribution in [0.3, 0.4) is 0 Å². The highest BCUT2D eigenvalue weighted by Crippen LogP contribution is 2.31. The molecule has 1 nitrogen and oxygen atoms in total. The van der Waals surface area contributed by atoms with Crippen molar-refractivity contribution >= 4 is 0 Å². The Hall–Kier alpha value is -1.99. The molecule has 2 rings (SSSR count). The molecular formula is C19H21N.